The fourth-order valence-electron chi connectivity index (χ4n) is 1.57. The molecule has 0 saturated carbocycles. The number of carbonyl (C=O) groups excluding carboxylic acids is 1. The van der Waals surface area contributed by atoms with E-state index in [9.17, 15) is 4.79 Å². The van der Waals surface area contributed by atoms with Gasteiger partial charge in [-0.2, -0.15) is 0 Å². The summed E-state index contributed by atoms with van der Waals surface area (Å²) in [6.45, 7) is 1.39. The lowest BCUT2D eigenvalue weighted by atomic mass is 10.1. The minimum Gasteiger partial charge on any atom is -0.454 e. The molecule has 1 aromatic carbocycles. The van der Waals surface area contributed by atoms with Crippen LogP contribution < -0.4 is 4.74 Å². The highest BCUT2D eigenvalue weighted by molar-refractivity contribution is 5.66. The van der Waals surface area contributed by atoms with E-state index in [-0.39, 0.29) is 5.97 Å². The molecule has 0 amide bonds. The van der Waals surface area contributed by atoms with Crippen molar-refractivity contribution in [3.05, 3.63) is 29.8 Å². The second-order valence-electron chi connectivity index (χ2n) is 3.30. The molecule has 1 atom stereocenters. The number of hydrogen-bond donors (Lipinski definition) is 0. The van der Waals surface area contributed by atoms with Crippen molar-refractivity contribution in [3.8, 4) is 5.75 Å². The average Bonchev–Trinajstić information content (AvgIpc) is 2.17. The third-order valence-corrected chi connectivity index (χ3v) is 2.18. The van der Waals surface area contributed by atoms with Gasteiger partial charge in [0.25, 0.3) is 0 Å². The molecule has 3 heteroatoms. The molecular formula is C11H12O3. The first kappa shape index (κ1) is 9.06. The zero-order valence-corrected chi connectivity index (χ0v) is 8.03. The number of rotatable bonds is 1. The molecule has 0 N–H and O–H groups in total. The van der Waals surface area contributed by atoms with Gasteiger partial charge in [0.1, 0.15) is 5.75 Å². The second-order valence-corrected chi connectivity index (χ2v) is 3.30. The fraction of sp³-hybridized carbons (Fsp3) is 0.364. The van der Waals surface area contributed by atoms with E-state index in [1.165, 1.54) is 12.5 Å². The predicted octanol–water partition coefficient (Wildman–Crippen LogP) is 1.90. The Morgan fingerprint density at radius 2 is 2.29 bits per heavy atom. The summed E-state index contributed by atoms with van der Waals surface area (Å²) in [7, 11) is 0. The van der Waals surface area contributed by atoms with Gasteiger partial charge in [0.2, 0.25) is 6.29 Å². The van der Waals surface area contributed by atoms with Gasteiger partial charge in [0.15, 0.2) is 0 Å². The topological polar surface area (TPSA) is 35.5 Å². The monoisotopic (exact) mass is 192 g/mol. The molecule has 0 aliphatic carbocycles. The van der Waals surface area contributed by atoms with Gasteiger partial charge in [-0.25, -0.2) is 0 Å². The van der Waals surface area contributed by atoms with Gasteiger partial charge in [-0.3, -0.25) is 4.79 Å². The summed E-state index contributed by atoms with van der Waals surface area (Å²) in [6, 6.07) is 7.81. The lowest BCUT2D eigenvalue weighted by Gasteiger charge is -2.24. The van der Waals surface area contributed by atoms with Crippen LogP contribution in [-0.4, -0.2) is 12.3 Å². The lowest BCUT2D eigenvalue weighted by molar-refractivity contribution is -0.162. The molecule has 1 heterocycles. The van der Waals surface area contributed by atoms with E-state index >= 15 is 0 Å². The van der Waals surface area contributed by atoms with Gasteiger partial charge in [-0.1, -0.05) is 18.2 Å². The summed E-state index contributed by atoms with van der Waals surface area (Å²) < 4.78 is 10.5. The molecule has 0 fully saturated rings. The zero-order valence-electron chi connectivity index (χ0n) is 8.03. The molecule has 0 radical (unpaired) electrons. The van der Waals surface area contributed by atoms with Crippen molar-refractivity contribution in [2.24, 2.45) is 0 Å². The van der Waals surface area contributed by atoms with Crippen LogP contribution >= 0.6 is 0 Å². The normalized spacial score (nSPS) is 19.4. The summed E-state index contributed by atoms with van der Waals surface area (Å²) in [5, 5.41) is 0. The summed E-state index contributed by atoms with van der Waals surface area (Å²) in [4.78, 5) is 10.7. The Bertz CT molecular complexity index is 346. The lowest BCUT2D eigenvalue weighted by Crippen LogP contribution is -2.27. The highest BCUT2D eigenvalue weighted by Crippen LogP contribution is 2.27. The highest BCUT2D eigenvalue weighted by atomic mass is 16.7. The van der Waals surface area contributed by atoms with Crippen LogP contribution in [0.4, 0.5) is 0 Å². The van der Waals surface area contributed by atoms with Gasteiger partial charge >= 0.3 is 5.97 Å². The summed E-state index contributed by atoms with van der Waals surface area (Å²) >= 11 is 0. The largest absolute Gasteiger partial charge is 0.454 e. The van der Waals surface area contributed by atoms with Crippen molar-refractivity contribution in [1.82, 2.24) is 0 Å². The molecule has 74 valence electrons. The van der Waals surface area contributed by atoms with Crippen LogP contribution in [0.3, 0.4) is 0 Å². The van der Waals surface area contributed by atoms with E-state index in [1.807, 2.05) is 24.3 Å². The molecule has 3 nitrogen and oxygen atoms in total. The number of ether oxygens (including phenoxy) is 2. The molecule has 0 spiro atoms. The van der Waals surface area contributed by atoms with E-state index < -0.39 is 6.29 Å². The minimum absolute atomic E-state index is 0.297. The second kappa shape index (κ2) is 3.70. The molecule has 1 aliphatic heterocycles. The van der Waals surface area contributed by atoms with E-state index in [0.717, 1.165) is 18.6 Å². The standard InChI is InChI=1S/C11H12O3/c1-8(12)13-11-7-6-9-4-2-3-5-10(9)14-11/h2-5,11H,6-7H2,1H3. The van der Waals surface area contributed by atoms with Gasteiger partial charge in [0, 0.05) is 13.3 Å². The van der Waals surface area contributed by atoms with Crippen LogP contribution in [0.5, 0.6) is 5.75 Å². The molecule has 1 aromatic rings. The van der Waals surface area contributed by atoms with E-state index in [2.05, 4.69) is 0 Å². The van der Waals surface area contributed by atoms with E-state index in [0.29, 0.717) is 0 Å². The molecule has 0 aromatic heterocycles. The quantitative estimate of drug-likeness (QED) is 0.637. The first-order valence-electron chi connectivity index (χ1n) is 4.67. The number of aryl methyl sites for hydroxylation is 1. The van der Waals surface area contributed by atoms with Gasteiger partial charge in [0.05, 0.1) is 0 Å². The zero-order chi connectivity index (χ0) is 9.97. The molecule has 2 rings (SSSR count). The maximum absolute atomic E-state index is 10.7. The third kappa shape index (κ3) is 1.87. The van der Waals surface area contributed by atoms with Crippen LogP contribution in [0, 0.1) is 0 Å². The molecule has 14 heavy (non-hydrogen) atoms. The van der Waals surface area contributed by atoms with Crippen molar-refractivity contribution < 1.29 is 14.3 Å². The van der Waals surface area contributed by atoms with Gasteiger partial charge < -0.3 is 9.47 Å². The average molecular weight is 192 g/mol. The van der Waals surface area contributed by atoms with Crippen LogP contribution in [0.1, 0.15) is 18.9 Å². The summed E-state index contributed by atoms with van der Waals surface area (Å²) in [5.74, 6) is 0.527. The van der Waals surface area contributed by atoms with Crippen LogP contribution in [0.15, 0.2) is 24.3 Å². The van der Waals surface area contributed by atoms with Crippen LogP contribution in [-0.2, 0) is 16.0 Å². The Morgan fingerprint density at radius 1 is 1.50 bits per heavy atom. The van der Waals surface area contributed by atoms with Crippen molar-refractivity contribution in [1.29, 1.82) is 0 Å². The number of fused-ring (bicyclic) bond motifs is 1. The minimum atomic E-state index is -0.414. The Kier molecular flexibility index (Phi) is 2.39. The fourth-order valence-corrected chi connectivity index (χ4v) is 1.57. The Morgan fingerprint density at radius 3 is 3.07 bits per heavy atom. The van der Waals surface area contributed by atoms with Crippen molar-refractivity contribution in [2.75, 3.05) is 0 Å². The third-order valence-electron chi connectivity index (χ3n) is 2.18. The summed E-state index contributed by atoms with van der Waals surface area (Å²) in [5.41, 5.74) is 1.18. The Labute approximate surface area is 82.6 Å². The maximum Gasteiger partial charge on any atom is 0.305 e. The van der Waals surface area contributed by atoms with Gasteiger partial charge in [-0.05, 0) is 18.1 Å². The maximum atomic E-state index is 10.7. The van der Waals surface area contributed by atoms with Crippen LogP contribution in [0.25, 0.3) is 0 Å². The molecule has 1 aliphatic rings. The van der Waals surface area contributed by atoms with Crippen molar-refractivity contribution in [3.63, 3.8) is 0 Å². The molecule has 0 saturated heterocycles. The van der Waals surface area contributed by atoms with Gasteiger partial charge in [-0.15, -0.1) is 0 Å². The Balaban J connectivity index is 2.09. The SMILES string of the molecule is CC(=O)OC1CCc2ccccc2O1. The van der Waals surface area contributed by atoms with Crippen molar-refractivity contribution in [2.45, 2.75) is 26.1 Å². The number of esters is 1. The molecular weight excluding hydrogens is 180 g/mol. The first-order chi connectivity index (χ1) is 6.75. The summed E-state index contributed by atoms with van der Waals surface area (Å²) in [6.07, 6.45) is 1.22. The predicted molar refractivity (Wildman–Crippen MR) is 50.9 cm³/mol. The number of para-hydroxylation sites is 1. The van der Waals surface area contributed by atoms with E-state index in [4.69, 9.17) is 9.47 Å². The van der Waals surface area contributed by atoms with Crippen molar-refractivity contribution >= 4 is 5.97 Å². The Hall–Kier alpha value is -1.51. The smallest absolute Gasteiger partial charge is 0.305 e. The first-order valence-corrected chi connectivity index (χ1v) is 4.67. The number of benzene rings is 1. The molecule has 0 bridgehead atoms. The number of hydrogen-bond acceptors (Lipinski definition) is 3. The van der Waals surface area contributed by atoms with E-state index in [1.54, 1.807) is 0 Å². The molecule has 1 unspecified atom stereocenters. The number of carbonyl (C=O) groups is 1. The highest BCUT2D eigenvalue weighted by Gasteiger charge is 2.20. The van der Waals surface area contributed by atoms with Crippen LogP contribution in [0.2, 0.25) is 0 Å².